The third-order valence-electron chi connectivity index (χ3n) is 3.27. The van der Waals surface area contributed by atoms with Crippen molar-refractivity contribution >= 4 is 6.03 Å². The lowest BCUT2D eigenvalue weighted by Gasteiger charge is -2.29. The molecule has 0 radical (unpaired) electrons. The van der Waals surface area contributed by atoms with Crippen LogP contribution in [0.5, 0.6) is 0 Å². The van der Waals surface area contributed by atoms with Crippen LogP contribution in [0.15, 0.2) is 0 Å². The van der Waals surface area contributed by atoms with Crippen LogP contribution in [-0.4, -0.2) is 42.6 Å². The van der Waals surface area contributed by atoms with E-state index in [9.17, 15) is 4.79 Å². The van der Waals surface area contributed by atoms with Crippen molar-refractivity contribution in [2.75, 3.05) is 19.6 Å². The molecule has 0 aromatic carbocycles. The van der Waals surface area contributed by atoms with Gasteiger partial charge in [0.2, 0.25) is 0 Å². The van der Waals surface area contributed by atoms with Gasteiger partial charge in [-0.3, -0.25) is 0 Å². The first kappa shape index (κ1) is 14.3. The molecule has 0 aromatic rings. The van der Waals surface area contributed by atoms with Gasteiger partial charge in [-0.05, 0) is 39.7 Å². The molecule has 1 atom stereocenters. The van der Waals surface area contributed by atoms with Crippen LogP contribution < -0.4 is 10.6 Å². The van der Waals surface area contributed by atoms with E-state index in [0.717, 1.165) is 32.5 Å². The van der Waals surface area contributed by atoms with Gasteiger partial charge in [-0.1, -0.05) is 13.3 Å². The molecule has 0 aromatic heterocycles. The topological polar surface area (TPSA) is 44.4 Å². The molecule has 100 valence electrons. The SMILES string of the molecule is CCCCNC(=O)N(CC1CCCN1)C(C)C. The molecule has 0 saturated carbocycles. The molecule has 1 rings (SSSR count). The van der Waals surface area contributed by atoms with E-state index in [1.165, 1.54) is 12.8 Å². The van der Waals surface area contributed by atoms with Gasteiger partial charge in [-0.25, -0.2) is 4.79 Å². The summed E-state index contributed by atoms with van der Waals surface area (Å²) in [5, 5.41) is 6.44. The summed E-state index contributed by atoms with van der Waals surface area (Å²) in [4.78, 5) is 14.0. The van der Waals surface area contributed by atoms with Crippen LogP contribution in [0.3, 0.4) is 0 Å². The van der Waals surface area contributed by atoms with Gasteiger partial charge in [0.25, 0.3) is 0 Å². The molecule has 17 heavy (non-hydrogen) atoms. The highest BCUT2D eigenvalue weighted by atomic mass is 16.2. The van der Waals surface area contributed by atoms with Gasteiger partial charge in [0.1, 0.15) is 0 Å². The van der Waals surface area contributed by atoms with E-state index in [4.69, 9.17) is 0 Å². The van der Waals surface area contributed by atoms with E-state index < -0.39 is 0 Å². The van der Waals surface area contributed by atoms with Crippen molar-refractivity contribution in [3.8, 4) is 0 Å². The highest BCUT2D eigenvalue weighted by Gasteiger charge is 2.22. The molecule has 4 heteroatoms. The maximum Gasteiger partial charge on any atom is 0.317 e. The maximum atomic E-state index is 12.0. The monoisotopic (exact) mass is 241 g/mol. The third kappa shape index (κ3) is 4.94. The number of hydrogen-bond donors (Lipinski definition) is 2. The number of carbonyl (C=O) groups excluding carboxylic acids is 1. The first-order chi connectivity index (χ1) is 8.15. The van der Waals surface area contributed by atoms with E-state index in [-0.39, 0.29) is 12.1 Å². The van der Waals surface area contributed by atoms with E-state index in [1.54, 1.807) is 0 Å². The van der Waals surface area contributed by atoms with E-state index in [1.807, 2.05) is 4.90 Å². The molecular formula is C13H27N3O. The Morgan fingerprint density at radius 1 is 1.53 bits per heavy atom. The van der Waals surface area contributed by atoms with Gasteiger partial charge in [0.15, 0.2) is 0 Å². The summed E-state index contributed by atoms with van der Waals surface area (Å²) in [5.74, 6) is 0. The number of nitrogens with zero attached hydrogens (tertiary/aromatic N) is 1. The summed E-state index contributed by atoms with van der Waals surface area (Å²) in [5.41, 5.74) is 0. The van der Waals surface area contributed by atoms with Crippen molar-refractivity contribution in [2.45, 2.75) is 58.5 Å². The largest absolute Gasteiger partial charge is 0.338 e. The Kier molecular flexibility index (Phi) is 6.34. The van der Waals surface area contributed by atoms with Gasteiger partial charge in [-0.15, -0.1) is 0 Å². The minimum atomic E-state index is 0.0853. The molecule has 0 spiro atoms. The average Bonchev–Trinajstić information content (AvgIpc) is 2.78. The molecule has 1 unspecified atom stereocenters. The zero-order valence-electron chi connectivity index (χ0n) is 11.5. The van der Waals surface area contributed by atoms with Crippen LogP contribution in [0.1, 0.15) is 46.5 Å². The number of nitrogens with one attached hydrogen (secondary N) is 2. The molecule has 0 bridgehead atoms. The van der Waals surface area contributed by atoms with Gasteiger partial charge in [-0.2, -0.15) is 0 Å². The number of unbranched alkanes of at least 4 members (excludes halogenated alkanes) is 1. The second-order valence-electron chi connectivity index (χ2n) is 5.12. The first-order valence-electron chi connectivity index (χ1n) is 6.93. The van der Waals surface area contributed by atoms with Crippen LogP contribution >= 0.6 is 0 Å². The Bertz CT molecular complexity index is 225. The molecule has 1 heterocycles. The second kappa shape index (κ2) is 7.54. The predicted molar refractivity (Wildman–Crippen MR) is 71.2 cm³/mol. The molecule has 1 aliphatic rings. The normalized spacial score (nSPS) is 19.6. The standard InChI is InChI=1S/C13H27N3O/c1-4-5-8-15-13(17)16(11(2)3)10-12-7-6-9-14-12/h11-12,14H,4-10H2,1-3H3,(H,15,17). The summed E-state index contributed by atoms with van der Waals surface area (Å²) in [6.45, 7) is 9.00. The minimum Gasteiger partial charge on any atom is -0.338 e. The van der Waals surface area contributed by atoms with Crippen molar-refractivity contribution in [1.29, 1.82) is 0 Å². The van der Waals surface area contributed by atoms with E-state index >= 15 is 0 Å². The average molecular weight is 241 g/mol. The fraction of sp³-hybridized carbons (Fsp3) is 0.923. The van der Waals surface area contributed by atoms with Gasteiger partial charge in [0.05, 0.1) is 0 Å². The van der Waals surface area contributed by atoms with Crippen LogP contribution in [-0.2, 0) is 0 Å². The number of urea groups is 1. The summed E-state index contributed by atoms with van der Waals surface area (Å²) in [6, 6.07) is 0.829. The Morgan fingerprint density at radius 2 is 2.29 bits per heavy atom. The second-order valence-corrected chi connectivity index (χ2v) is 5.12. The Morgan fingerprint density at radius 3 is 2.82 bits per heavy atom. The molecule has 4 nitrogen and oxygen atoms in total. The van der Waals surface area contributed by atoms with E-state index in [2.05, 4.69) is 31.4 Å². The zero-order valence-corrected chi connectivity index (χ0v) is 11.5. The van der Waals surface area contributed by atoms with E-state index in [0.29, 0.717) is 6.04 Å². The lowest BCUT2D eigenvalue weighted by atomic mass is 10.2. The molecule has 2 amide bonds. The number of amides is 2. The molecule has 2 N–H and O–H groups in total. The lowest BCUT2D eigenvalue weighted by Crippen LogP contribution is -2.49. The smallest absolute Gasteiger partial charge is 0.317 e. The Hall–Kier alpha value is -0.770. The maximum absolute atomic E-state index is 12.0. The van der Waals surface area contributed by atoms with Crippen molar-refractivity contribution in [2.24, 2.45) is 0 Å². The first-order valence-corrected chi connectivity index (χ1v) is 6.93. The fourth-order valence-corrected chi connectivity index (χ4v) is 2.15. The van der Waals surface area contributed by atoms with Crippen molar-refractivity contribution in [3.05, 3.63) is 0 Å². The Labute approximate surface area is 105 Å². The van der Waals surface area contributed by atoms with Crippen LogP contribution in [0.2, 0.25) is 0 Å². The highest BCUT2D eigenvalue weighted by molar-refractivity contribution is 5.74. The summed E-state index contributed by atoms with van der Waals surface area (Å²) in [7, 11) is 0. The number of hydrogen-bond acceptors (Lipinski definition) is 2. The van der Waals surface area contributed by atoms with Crippen molar-refractivity contribution in [1.82, 2.24) is 15.5 Å². The summed E-state index contributed by atoms with van der Waals surface area (Å²) in [6.07, 6.45) is 4.59. The summed E-state index contributed by atoms with van der Waals surface area (Å²) >= 11 is 0. The highest BCUT2D eigenvalue weighted by Crippen LogP contribution is 2.09. The van der Waals surface area contributed by atoms with Gasteiger partial charge in [0, 0.05) is 25.2 Å². The minimum absolute atomic E-state index is 0.0853. The molecule has 1 fully saturated rings. The third-order valence-corrected chi connectivity index (χ3v) is 3.27. The zero-order chi connectivity index (χ0) is 12.7. The predicted octanol–water partition coefficient (Wildman–Crippen LogP) is 1.96. The lowest BCUT2D eigenvalue weighted by molar-refractivity contribution is 0.176. The van der Waals surface area contributed by atoms with Crippen molar-refractivity contribution < 1.29 is 4.79 Å². The van der Waals surface area contributed by atoms with Crippen LogP contribution in [0.4, 0.5) is 4.79 Å². The fourth-order valence-electron chi connectivity index (χ4n) is 2.15. The van der Waals surface area contributed by atoms with Crippen LogP contribution in [0.25, 0.3) is 0 Å². The molecular weight excluding hydrogens is 214 g/mol. The quantitative estimate of drug-likeness (QED) is 0.698. The number of carbonyl (C=O) groups is 1. The molecule has 1 saturated heterocycles. The van der Waals surface area contributed by atoms with Crippen molar-refractivity contribution in [3.63, 3.8) is 0 Å². The molecule has 1 aliphatic heterocycles. The summed E-state index contributed by atoms with van der Waals surface area (Å²) < 4.78 is 0. The Balaban J connectivity index is 2.37. The molecule has 0 aliphatic carbocycles. The van der Waals surface area contributed by atoms with Gasteiger partial charge < -0.3 is 15.5 Å². The van der Waals surface area contributed by atoms with Crippen LogP contribution in [0, 0.1) is 0 Å². The number of rotatable bonds is 6. The van der Waals surface area contributed by atoms with Gasteiger partial charge >= 0.3 is 6.03 Å².